The standard InChI is InChI=1S/C8H12NO3PS/c10-8(11)6-9-13(12,14)7-4-2-1-3-5-7/h1-5,8,10-11H,6H2,(H2,9,12,14). The summed E-state index contributed by atoms with van der Waals surface area (Å²) in [5.74, 6) is 0. The molecule has 1 aromatic carbocycles. The molecule has 0 heterocycles. The van der Waals surface area contributed by atoms with Gasteiger partial charge < -0.3 is 15.1 Å². The van der Waals surface area contributed by atoms with E-state index in [1.807, 2.05) is 6.07 Å². The zero-order chi connectivity index (χ0) is 10.6. The molecule has 6 heteroatoms. The van der Waals surface area contributed by atoms with E-state index in [1.165, 1.54) is 0 Å². The highest BCUT2D eigenvalue weighted by atomic mass is 32.4. The fourth-order valence-corrected chi connectivity index (χ4v) is 2.69. The Hall–Kier alpha value is -0.290. The third kappa shape index (κ3) is 3.46. The maximum atomic E-state index is 9.83. The van der Waals surface area contributed by atoms with Gasteiger partial charge in [0.25, 0.3) is 0 Å². The molecule has 0 aliphatic heterocycles. The smallest absolute Gasteiger partial charge is 0.164 e. The lowest BCUT2D eigenvalue weighted by Gasteiger charge is -2.17. The Morgan fingerprint density at radius 1 is 1.29 bits per heavy atom. The molecule has 1 unspecified atom stereocenters. The average molecular weight is 233 g/mol. The number of benzene rings is 1. The van der Waals surface area contributed by atoms with Crippen LogP contribution < -0.4 is 10.4 Å². The van der Waals surface area contributed by atoms with Crippen LogP contribution in [-0.4, -0.2) is 27.9 Å². The van der Waals surface area contributed by atoms with Crippen LogP contribution in [0.4, 0.5) is 0 Å². The quantitative estimate of drug-likeness (QED) is 0.417. The van der Waals surface area contributed by atoms with Crippen LogP contribution in [0.1, 0.15) is 0 Å². The van der Waals surface area contributed by atoms with Crippen molar-refractivity contribution in [2.24, 2.45) is 0 Å². The Balaban J connectivity index is 2.71. The van der Waals surface area contributed by atoms with Gasteiger partial charge in [0.2, 0.25) is 0 Å². The van der Waals surface area contributed by atoms with E-state index in [9.17, 15) is 4.89 Å². The summed E-state index contributed by atoms with van der Waals surface area (Å²) in [6.45, 7) is -0.136. The number of rotatable bonds is 4. The average Bonchev–Trinajstić information content (AvgIpc) is 2.16. The van der Waals surface area contributed by atoms with Crippen LogP contribution in [0.3, 0.4) is 0 Å². The molecule has 0 bridgehead atoms. The minimum atomic E-state index is -2.84. The van der Waals surface area contributed by atoms with Crippen molar-refractivity contribution in [3.63, 3.8) is 0 Å². The van der Waals surface area contributed by atoms with Gasteiger partial charge in [0.15, 0.2) is 12.7 Å². The molecular weight excluding hydrogens is 221 g/mol. The summed E-state index contributed by atoms with van der Waals surface area (Å²) in [5.41, 5.74) is 0. The minimum Gasteiger partial charge on any atom is -0.367 e. The zero-order valence-corrected chi connectivity index (χ0v) is 9.08. The van der Waals surface area contributed by atoms with Gasteiger partial charge in [0, 0.05) is 5.30 Å². The van der Waals surface area contributed by atoms with Gasteiger partial charge >= 0.3 is 0 Å². The molecule has 0 spiro atoms. The third-order valence-corrected chi connectivity index (χ3v) is 4.22. The molecule has 4 nitrogen and oxygen atoms in total. The van der Waals surface area contributed by atoms with Gasteiger partial charge in [-0.1, -0.05) is 30.3 Å². The van der Waals surface area contributed by atoms with Gasteiger partial charge in [-0.3, -0.25) is 5.09 Å². The first-order valence-electron chi connectivity index (χ1n) is 4.02. The maximum absolute atomic E-state index is 9.83. The number of hydrogen-bond donors (Lipinski definition) is 4. The SMILES string of the molecule is OC(O)CNP(O)(=S)c1ccccc1. The molecule has 1 rings (SSSR count). The van der Waals surface area contributed by atoms with E-state index in [1.54, 1.807) is 24.3 Å². The molecule has 1 aromatic rings. The molecule has 1 atom stereocenters. The first kappa shape index (κ1) is 11.8. The summed E-state index contributed by atoms with van der Waals surface area (Å²) in [4.78, 5) is 9.83. The van der Waals surface area contributed by atoms with Crippen molar-refractivity contribution < 1.29 is 15.1 Å². The van der Waals surface area contributed by atoms with Crippen LogP contribution in [0, 0.1) is 0 Å². The Bertz CT molecular complexity index is 331. The van der Waals surface area contributed by atoms with Crippen molar-refractivity contribution >= 4 is 23.5 Å². The Labute approximate surface area is 87.4 Å². The lowest BCUT2D eigenvalue weighted by atomic mass is 10.4. The summed E-state index contributed by atoms with van der Waals surface area (Å²) >= 11 is 4.96. The van der Waals surface area contributed by atoms with Crippen molar-refractivity contribution in [1.82, 2.24) is 5.09 Å². The predicted octanol–water partition coefficient (Wildman–Crippen LogP) is -0.486. The van der Waals surface area contributed by atoms with E-state index in [2.05, 4.69) is 5.09 Å². The largest absolute Gasteiger partial charge is 0.367 e. The molecule has 14 heavy (non-hydrogen) atoms. The van der Waals surface area contributed by atoms with Gasteiger partial charge in [-0.2, -0.15) is 0 Å². The molecule has 0 radical (unpaired) electrons. The fourth-order valence-electron chi connectivity index (χ4n) is 0.927. The summed E-state index contributed by atoms with van der Waals surface area (Å²) in [5, 5.41) is 20.4. The fraction of sp³-hybridized carbons (Fsp3) is 0.250. The molecule has 78 valence electrons. The highest BCUT2D eigenvalue weighted by molar-refractivity contribution is 8.14. The van der Waals surface area contributed by atoms with Crippen molar-refractivity contribution in [1.29, 1.82) is 0 Å². The maximum Gasteiger partial charge on any atom is 0.164 e. The second kappa shape index (κ2) is 4.98. The molecule has 0 amide bonds. The van der Waals surface area contributed by atoms with E-state index in [0.29, 0.717) is 5.30 Å². The normalized spacial score (nSPS) is 15.4. The van der Waals surface area contributed by atoms with Crippen molar-refractivity contribution in [3.8, 4) is 0 Å². The van der Waals surface area contributed by atoms with E-state index >= 15 is 0 Å². The first-order valence-corrected chi connectivity index (χ1v) is 6.77. The van der Waals surface area contributed by atoms with Gasteiger partial charge in [0.1, 0.15) is 0 Å². The highest BCUT2D eigenvalue weighted by Crippen LogP contribution is 2.33. The number of hydrogen-bond acceptors (Lipinski definition) is 3. The summed E-state index contributed by atoms with van der Waals surface area (Å²) in [6.07, 6.45) is -4.34. The lowest BCUT2D eigenvalue weighted by molar-refractivity contribution is -0.0336. The summed E-state index contributed by atoms with van der Waals surface area (Å²) in [6, 6.07) is 8.77. The second-order valence-electron chi connectivity index (χ2n) is 2.75. The molecule has 0 fully saturated rings. The van der Waals surface area contributed by atoms with Gasteiger partial charge in [-0.05, 0) is 11.8 Å². The van der Waals surface area contributed by atoms with Crippen molar-refractivity contribution in [3.05, 3.63) is 30.3 Å². The van der Waals surface area contributed by atoms with Crippen LogP contribution in [0.25, 0.3) is 0 Å². The van der Waals surface area contributed by atoms with E-state index in [0.717, 1.165) is 0 Å². The van der Waals surface area contributed by atoms with Crippen LogP contribution in [0.15, 0.2) is 30.3 Å². The van der Waals surface area contributed by atoms with Crippen LogP contribution >= 0.6 is 6.42 Å². The monoisotopic (exact) mass is 233 g/mol. The minimum absolute atomic E-state index is 0.136. The van der Waals surface area contributed by atoms with Crippen molar-refractivity contribution in [2.75, 3.05) is 6.54 Å². The van der Waals surface area contributed by atoms with E-state index in [4.69, 9.17) is 22.0 Å². The Morgan fingerprint density at radius 3 is 2.36 bits per heavy atom. The number of nitrogens with one attached hydrogen (secondary N) is 1. The molecule has 4 N–H and O–H groups in total. The Kier molecular flexibility index (Phi) is 4.19. The second-order valence-corrected chi connectivity index (χ2v) is 6.32. The molecular formula is C8H12NO3PS. The van der Waals surface area contributed by atoms with E-state index < -0.39 is 12.7 Å². The lowest BCUT2D eigenvalue weighted by Crippen LogP contribution is -2.27. The zero-order valence-electron chi connectivity index (χ0n) is 7.37. The third-order valence-electron chi connectivity index (χ3n) is 1.59. The number of aliphatic hydroxyl groups excluding tert-OH is 1. The Morgan fingerprint density at radius 2 is 1.86 bits per heavy atom. The first-order chi connectivity index (χ1) is 6.52. The van der Waals surface area contributed by atoms with Gasteiger partial charge in [-0.15, -0.1) is 0 Å². The molecule has 0 saturated carbocycles. The number of aliphatic hydroxyl groups is 2. The molecule has 0 aliphatic carbocycles. The molecule has 0 aliphatic rings. The topological polar surface area (TPSA) is 72.7 Å². The highest BCUT2D eigenvalue weighted by Gasteiger charge is 2.15. The van der Waals surface area contributed by atoms with Crippen molar-refractivity contribution in [2.45, 2.75) is 6.29 Å². The predicted molar refractivity (Wildman–Crippen MR) is 58.8 cm³/mol. The van der Waals surface area contributed by atoms with Gasteiger partial charge in [0.05, 0.1) is 6.54 Å². The summed E-state index contributed by atoms with van der Waals surface area (Å²) in [7, 11) is 0. The van der Waals surface area contributed by atoms with Crippen LogP contribution in [0.5, 0.6) is 0 Å². The molecule has 0 aromatic heterocycles. The summed E-state index contributed by atoms with van der Waals surface area (Å²) < 4.78 is 0. The van der Waals surface area contributed by atoms with Crippen LogP contribution in [-0.2, 0) is 11.8 Å². The molecule has 0 saturated heterocycles. The van der Waals surface area contributed by atoms with Crippen LogP contribution in [0.2, 0.25) is 0 Å². The van der Waals surface area contributed by atoms with Gasteiger partial charge in [-0.25, -0.2) is 0 Å². The van der Waals surface area contributed by atoms with E-state index in [-0.39, 0.29) is 6.54 Å².